The summed E-state index contributed by atoms with van der Waals surface area (Å²) in [5.41, 5.74) is -4.34. The Balaban J connectivity index is 2.49. The molecule has 0 unspecified atom stereocenters. The van der Waals surface area contributed by atoms with Gasteiger partial charge in [0.25, 0.3) is 0 Å². The van der Waals surface area contributed by atoms with E-state index in [2.05, 4.69) is 10.0 Å². The molecular weight excluding hydrogens is 333 g/mol. The van der Waals surface area contributed by atoms with Crippen molar-refractivity contribution in [3.8, 4) is 0 Å². The van der Waals surface area contributed by atoms with Gasteiger partial charge in [-0.25, -0.2) is 13.1 Å². The monoisotopic (exact) mass is 348 g/mol. The fraction of sp³-hybridized carbons (Fsp3) is 0.600. The van der Waals surface area contributed by atoms with E-state index in [1.807, 2.05) is 6.92 Å². The Morgan fingerprint density at radius 2 is 2.10 bits per heavy atom. The lowest BCUT2D eigenvalue weighted by atomic mass is 10.4. The molecule has 0 fully saturated rings. The van der Waals surface area contributed by atoms with Crippen molar-refractivity contribution in [2.24, 2.45) is 0 Å². The third-order valence-corrected chi connectivity index (χ3v) is 5.41. The molecule has 0 aromatic carbocycles. The molecule has 2 N–H and O–H groups in total. The van der Waals surface area contributed by atoms with Crippen LogP contribution in [0.25, 0.3) is 0 Å². The van der Waals surface area contributed by atoms with E-state index >= 15 is 0 Å². The van der Waals surface area contributed by atoms with Gasteiger partial charge in [0.2, 0.25) is 10.0 Å². The molecule has 116 valence electrons. The molecule has 0 saturated carbocycles. The summed E-state index contributed by atoms with van der Waals surface area (Å²) in [7, 11) is -3.73. The van der Waals surface area contributed by atoms with Gasteiger partial charge in [-0.05, 0) is 24.4 Å². The molecule has 4 nitrogen and oxygen atoms in total. The maximum Gasteiger partial charge on any atom is 0.441 e. The van der Waals surface area contributed by atoms with Crippen LogP contribution in [0.5, 0.6) is 0 Å². The van der Waals surface area contributed by atoms with Gasteiger partial charge in [0.15, 0.2) is 0 Å². The molecule has 1 heterocycles. The first-order valence-corrected chi connectivity index (χ1v) is 9.08. The number of hydrogen-bond donors (Lipinski definition) is 2. The largest absolute Gasteiger partial charge is 0.441 e. The zero-order chi connectivity index (χ0) is 15.2. The Morgan fingerprint density at radius 3 is 2.70 bits per heavy atom. The summed E-state index contributed by atoms with van der Waals surface area (Å²) in [6.07, 6.45) is 0. The highest BCUT2D eigenvalue weighted by atomic mass is 32.2. The lowest BCUT2D eigenvalue weighted by Crippen LogP contribution is -2.26. The van der Waals surface area contributed by atoms with Crippen LogP contribution in [-0.4, -0.2) is 32.8 Å². The predicted molar refractivity (Wildman–Crippen MR) is 75.4 cm³/mol. The minimum Gasteiger partial charge on any atom is -0.312 e. The van der Waals surface area contributed by atoms with Crippen LogP contribution in [0.15, 0.2) is 16.3 Å². The number of nitrogens with one attached hydrogen (secondary N) is 2. The number of halogens is 3. The number of thiophene rings is 1. The molecule has 0 saturated heterocycles. The summed E-state index contributed by atoms with van der Waals surface area (Å²) in [5.74, 6) is -0.350. The van der Waals surface area contributed by atoms with Crippen LogP contribution in [0.1, 0.15) is 11.8 Å². The van der Waals surface area contributed by atoms with E-state index in [1.165, 1.54) is 22.8 Å². The summed E-state index contributed by atoms with van der Waals surface area (Å²) >= 11 is 1.04. The SMILES string of the molecule is CCNCc1cc(S(=O)(=O)NCCSC(F)(F)F)cs1. The molecule has 0 spiro atoms. The number of alkyl halides is 3. The van der Waals surface area contributed by atoms with Crippen LogP contribution >= 0.6 is 23.1 Å². The number of hydrogen-bond acceptors (Lipinski definition) is 5. The minimum atomic E-state index is -4.34. The van der Waals surface area contributed by atoms with Crippen LogP contribution in [0, 0.1) is 0 Å². The van der Waals surface area contributed by atoms with Crippen molar-refractivity contribution in [3.05, 3.63) is 16.3 Å². The van der Waals surface area contributed by atoms with Gasteiger partial charge in [-0.15, -0.1) is 11.3 Å². The molecular formula is C10H15F3N2O2S3. The van der Waals surface area contributed by atoms with Crippen molar-refractivity contribution < 1.29 is 21.6 Å². The molecule has 1 rings (SSSR count). The van der Waals surface area contributed by atoms with Gasteiger partial charge in [-0.1, -0.05) is 6.92 Å². The van der Waals surface area contributed by atoms with Crippen molar-refractivity contribution in [2.75, 3.05) is 18.8 Å². The van der Waals surface area contributed by atoms with Crippen LogP contribution in [0.2, 0.25) is 0 Å². The van der Waals surface area contributed by atoms with Crippen LogP contribution in [0.3, 0.4) is 0 Å². The highest BCUT2D eigenvalue weighted by Crippen LogP contribution is 2.29. The third-order valence-electron chi connectivity index (χ3n) is 2.15. The molecule has 0 aliphatic carbocycles. The Labute approximate surface area is 124 Å². The van der Waals surface area contributed by atoms with Gasteiger partial charge in [-0.3, -0.25) is 0 Å². The van der Waals surface area contributed by atoms with Gasteiger partial charge in [0.1, 0.15) is 0 Å². The highest BCUT2D eigenvalue weighted by Gasteiger charge is 2.27. The minimum absolute atomic E-state index is 0.0902. The zero-order valence-corrected chi connectivity index (χ0v) is 13.1. The lowest BCUT2D eigenvalue weighted by Gasteiger charge is -2.06. The van der Waals surface area contributed by atoms with Crippen molar-refractivity contribution in [3.63, 3.8) is 0 Å². The van der Waals surface area contributed by atoms with Crippen LogP contribution in [-0.2, 0) is 16.6 Å². The highest BCUT2D eigenvalue weighted by molar-refractivity contribution is 8.00. The second-order valence-electron chi connectivity index (χ2n) is 3.72. The molecule has 1 aromatic heterocycles. The molecule has 0 amide bonds. The molecule has 0 radical (unpaired) electrons. The fourth-order valence-electron chi connectivity index (χ4n) is 1.27. The topological polar surface area (TPSA) is 58.2 Å². The van der Waals surface area contributed by atoms with E-state index in [-0.39, 0.29) is 29.0 Å². The fourth-order valence-corrected chi connectivity index (χ4v) is 4.11. The van der Waals surface area contributed by atoms with Crippen LogP contribution in [0.4, 0.5) is 13.2 Å². The quantitative estimate of drug-likeness (QED) is 0.708. The average molecular weight is 348 g/mol. The molecule has 0 atom stereocenters. The standard InChI is InChI=1S/C10H15F3N2O2S3/c1-2-14-6-8-5-9(7-18-8)20(16,17)15-3-4-19-10(11,12)13/h5,7,14-15H,2-4,6H2,1H3. The average Bonchev–Trinajstić information content (AvgIpc) is 2.80. The number of thioether (sulfide) groups is 1. The second kappa shape index (κ2) is 7.64. The molecule has 0 bridgehead atoms. The second-order valence-corrected chi connectivity index (χ2v) is 7.64. The van der Waals surface area contributed by atoms with Crippen molar-refractivity contribution in [2.45, 2.75) is 23.9 Å². The van der Waals surface area contributed by atoms with Gasteiger partial charge >= 0.3 is 5.51 Å². The van der Waals surface area contributed by atoms with E-state index in [1.54, 1.807) is 0 Å². The summed E-state index contributed by atoms with van der Waals surface area (Å²) in [6, 6.07) is 1.52. The third kappa shape index (κ3) is 6.44. The van der Waals surface area contributed by atoms with Crippen molar-refractivity contribution >= 4 is 33.1 Å². The first kappa shape index (κ1) is 17.8. The summed E-state index contributed by atoms with van der Waals surface area (Å²) < 4.78 is 61.5. The summed E-state index contributed by atoms with van der Waals surface area (Å²) in [4.78, 5) is 0.948. The molecule has 0 aliphatic heterocycles. The summed E-state index contributed by atoms with van der Waals surface area (Å²) in [5, 5.41) is 4.54. The van der Waals surface area contributed by atoms with Gasteiger partial charge in [0.05, 0.1) is 4.90 Å². The molecule has 0 aliphatic rings. The van der Waals surface area contributed by atoms with E-state index in [0.717, 1.165) is 11.4 Å². The number of sulfonamides is 1. The molecule has 10 heteroatoms. The van der Waals surface area contributed by atoms with Gasteiger partial charge in [-0.2, -0.15) is 13.2 Å². The normalized spacial score (nSPS) is 12.8. The zero-order valence-electron chi connectivity index (χ0n) is 10.7. The lowest BCUT2D eigenvalue weighted by molar-refractivity contribution is -0.0327. The van der Waals surface area contributed by atoms with E-state index in [0.29, 0.717) is 6.54 Å². The smallest absolute Gasteiger partial charge is 0.312 e. The molecule has 1 aromatic rings. The van der Waals surface area contributed by atoms with E-state index in [9.17, 15) is 21.6 Å². The Morgan fingerprint density at radius 1 is 1.40 bits per heavy atom. The van der Waals surface area contributed by atoms with E-state index < -0.39 is 15.5 Å². The van der Waals surface area contributed by atoms with Gasteiger partial charge < -0.3 is 5.32 Å². The Hall–Kier alpha value is -0.290. The van der Waals surface area contributed by atoms with Crippen molar-refractivity contribution in [1.82, 2.24) is 10.0 Å². The number of rotatable bonds is 8. The Kier molecular flexibility index (Phi) is 6.79. The van der Waals surface area contributed by atoms with Crippen molar-refractivity contribution in [1.29, 1.82) is 0 Å². The van der Waals surface area contributed by atoms with Gasteiger partial charge in [0, 0.05) is 29.1 Å². The molecule has 20 heavy (non-hydrogen) atoms. The maximum absolute atomic E-state index is 11.9. The van der Waals surface area contributed by atoms with Crippen LogP contribution < -0.4 is 10.0 Å². The summed E-state index contributed by atoms with van der Waals surface area (Å²) in [6.45, 7) is 3.02. The maximum atomic E-state index is 11.9. The van der Waals surface area contributed by atoms with E-state index in [4.69, 9.17) is 0 Å². The first-order chi connectivity index (χ1) is 9.24. The Bertz CT molecular complexity index is 514. The predicted octanol–water partition coefficient (Wildman–Crippen LogP) is 2.39. The first-order valence-electron chi connectivity index (χ1n) is 5.73.